The highest BCUT2D eigenvalue weighted by molar-refractivity contribution is 7.87. The van der Waals surface area contributed by atoms with E-state index in [0.29, 0.717) is 57.5 Å². The summed E-state index contributed by atoms with van der Waals surface area (Å²) in [5.41, 5.74) is 1.41. The van der Waals surface area contributed by atoms with E-state index < -0.39 is 84.0 Å². The Bertz CT molecular complexity index is 4570. The SMILES string of the molecule is C=C(Cc1cc(C(F)(F)F)cc(C(F)(F)F)c1)N[C@@H](CN=P(c1cc(C)c(C)c(C)c1)(c1cc(C)c(OC)c(OC)c1)c1cc(OC)c(OC)c(OC)c1)C(C)(C)C.C=C(Cc1cc(C(F)(F)F)cc(C(F)(F)F)c1)N[C@H](CN=P(c1cc(C)c(C)c(C)c1)(c1cc(C)c(OC)c(OC)c1)c1cc(OC)c(OC)c(OC)c1)C(C)(C)C. The zero-order chi connectivity index (χ0) is 87.1. The molecular formula is C88H106F12N4O10P2. The zero-order valence-corrected chi connectivity index (χ0v) is 72.0. The molecule has 0 aromatic heterocycles. The van der Waals surface area contributed by atoms with Crippen molar-refractivity contribution in [1.82, 2.24) is 10.6 Å². The molecule has 0 radical (unpaired) electrons. The van der Waals surface area contributed by atoms with Crippen molar-refractivity contribution in [2.75, 3.05) is 84.2 Å². The molecule has 28 heteroatoms. The molecule has 4 atom stereocenters. The van der Waals surface area contributed by atoms with Crippen molar-refractivity contribution < 1.29 is 100 Å². The molecule has 14 nitrogen and oxygen atoms in total. The van der Waals surface area contributed by atoms with Crippen molar-refractivity contribution in [2.45, 2.75) is 147 Å². The lowest BCUT2D eigenvalue weighted by Crippen LogP contribution is -2.42. The van der Waals surface area contributed by atoms with Gasteiger partial charge in [0.25, 0.3) is 0 Å². The lowest BCUT2D eigenvalue weighted by Gasteiger charge is -2.35. The molecule has 0 aliphatic rings. The number of nitrogens with one attached hydrogen (secondary N) is 2. The van der Waals surface area contributed by atoms with Gasteiger partial charge < -0.3 is 58.0 Å². The van der Waals surface area contributed by atoms with E-state index in [1.165, 1.54) is 42.7 Å². The molecule has 8 rings (SSSR count). The molecule has 8 aromatic carbocycles. The molecule has 2 unspecified atom stereocenters. The Labute approximate surface area is 673 Å². The maximum Gasteiger partial charge on any atom is 0.416 e. The van der Waals surface area contributed by atoms with Gasteiger partial charge in [-0.3, -0.25) is 9.49 Å². The van der Waals surface area contributed by atoms with Crippen LogP contribution in [-0.2, 0) is 37.5 Å². The van der Waals surface area contributed by atoms with Crippen LogP contribution < -0.4 is 89.8 Å². The predicted molar refractivity (Wildman–Crippen MR) is 440 cm³/mol. The van der Waals surface area contributed by atoms with Crippen LogP contribution in [0.3, 0.4) is 0 Å². The van der Waals surface area contributed by atoms with Crippen molar-refractivity contribution >= 4 is 45.9 Å². The highest BCUT2D eigenvalue weighted by Gasteiger charge is 2.42. The number of hydrogen-bond donors (Lipinski definition) is 2. The molecule has 0 saturated carbocycles. The van der Waals surface area contributed by atoms with Crippen molar-refractivity contribution in [2.24, 2.45) is 20.3 Å². The number of ether oxygens (including phenoxy) is 10. The number of alkyl halides is 12. The van der Waals surface area contributed by atoms with Gasteiger partial charge in [-0.15, -0.1) is 0 Å². The van der Waals surface area contributed by atoms with Gasteiger partial charge in [-0.25, -0.2) is 0 Å². The summed E-state index contributed by atoms with van der Waals surface area (Å²) in [6.45, 7) is 36.3. The summed E-state index contributed by atoms with van der Waals surface area (Å²) >= 11 is 0. The topological polar surface area (TPSA) is 141 Å². The van der Waals surface area contributed by atoms with E-state index in [1.807, 2.05) is 132 Å². The molecule has 0 bridgehead atoms. The van der Waals surface area contributed by atoms with Gasteiger partial charge in [0, 0.05) is 56.1 Å². The summed E-state index contributed by atoms with van der Waals surface area (Å²) in [7, 11) is 9.11. The normalized spacial score (nSPS) is 13.6. The Morgan fingerprint density at radius 1 is 0.310 bits per heavy atom. The fourth-order valence-electron chi connectivity index (χ4n) is 13.7. The van der Waals surface area contributed by atoms with E-state index in [1.54, 1.807) is 28.4 Å². The second-order valence-electron chi connectivity index (χ2n) is 30.6. The monoisotopic (exact) mass is 1670 g/mol. The van der Waals surface area contributed by atoms with Crippen molar-refractivity contribution in [3.8, 4) is 57.5 Å². The van der Waals surface area contributed by atoms with Crippen LogP contribution in [0.25, 0.3) is 0 Å². The van der Waals surface area contributed by atoms with E-state index in [2.05, 4.69) is 61.9 Å². The van der Waals surface area contributed by atoms with E-state index in [-0.39, 0.29) is 60.6 Å². The summed E-state index contributed by atoms with van der Waals surface area (Å²) in [6, 6.07) is 26.0. The predicted octanol–water partition coefficient (Wildman–Crippen LogP) is 20.5. The van der Waals surface area contributed by atoms with E-state index in [4.69, 9.17) is 56.9 Å². The van der Waals surface area contributed by atoms with Gasteiger partial charge in [0.15, 0.2) is 46.0 Å². The first-order valence-electron chi connectivity index (χ1n) is 36.8. The number of rotatable bonds is 28. The van der Waals surface area contributed by atoms with Crippen molar-refractivity contribution in [1.29, 1.82) is 0 Å². The first kappa shape index (κ1) is 93.6. The Morgan fingerprint density at radius 2 is 0.517 bits per heavy atom. The van der Waals surface area contributed by atoms with Gasteiger partial charge in [-0.05, 0) is 231 Å². The van der Waals surface area contributed by atoms with Gasteiger partial charge in [-0.1, -0.05) is 54.7 Å². The molecule has 0 aliphatic carbocycles. The van der Waals surface area contributed by atoms with Crippen molar-refractivity contribution in [3.05, 3.63) is 212 Å². The minimum Gasteiger partial charge on any atom is -0.493 e. The smallest absolute Gasteiger partial charge is 0.416 e. The van der Waals surface area contributed by atoms with Crippen molar-refractivity contribution in [3.63, 3.8) is 0 Å². The van der Waals surface area contributed by atoms with E-state index >= 15 is 0 Å². The summed E-state index contributed by atoms with van der Waals surface area (Å²) in [6.07, 6.45) is -20.5. The molecule has 0 aliphatic heterocycles. The average molecular weight is 1670 g/mol. The van der Waals surface area contributed by atoms with Gasteiger partial charge in [0.1, 0.15) is 0 Å². The fraction of sp³-hybridized carbons (Fsp3) is 0.409. The molecular weight excluding hydrogens is 1560 g/mol. The first-order chi connectivity index (χ1) is 53.9. The van der Waals surface area contributed by atoms with Gasteiger partial charge in [-0.2, -0.15) is 52.7 Å². The highest BCUT2D eigenvalue weighted by Crippen LogP contribution is 2.55. The minimum atomic E-state index is -4.98. The van der Waals surface area contributed by atoms with Crippen LogP contribution in [0.4, 0.5) is 52.7 Å². The average Bonchev–Trinajstić information content (AvgIpc) is 0.734. The summed E-state index contributed by atoms with van der Waals surface area (Å²) < 4.78 is 235. The maximum atomic E-state index is 13.7. The standard InChI is InChI=1S/2C44H53F6N2O5P/c2*1-25-14-33(15-26(2)29(25)5)58(34-16-27(3)40(56-12)36(21-34)53-9,35-22-37(54-10)41(57-13)38(23-35)55-11)51-24-39(42(6,7)8)52-28(4)17-30-18-31(43(45,46)47)20-32(19-30)44(48,49)50/h2*14-16,18-23,39,52H,4,17,24H2,1-3,5-13H3/t2*39-,58?/m10/s1. The van der Waals surface area contributed by atoms with Crippen LogP contribution in [0.2, 0.25) is 0 Å². The molecule has 116 heavy (non-hydrogen) atoms. The molecule has 8 aromatic rings. The fourth-order valence-corrected chi connectivity index (χ4v) is 21.4. The number of nitrogens with zero attached hydrogens (tertiary/aromatic N) is 2. The largest absolute Gasteiger partial charge is 0.493 e. The molecule has 0 fully saturated rings. The quantitative estimate of drug-likeness (QED) is 0.0356. The lowest BCUT2D eigenvalue weighted by atomic mass is 9.86. The molecule has 632 valence electrons. The number of aryl methyl sites for hydroxylation is 6. The molecule has 0 amide bonds. The summed E-state index contributed by atoms with van der Waals surface area (Å²) in [5.74, 6) is 4.51. The third kappa shape index (κ3) is 21.1. The highest BCUT2D eigenvalue weighted by atomic mass is 31.2. The molecule has 0 heterocycles. The Kier molecular flexibility index (Phi) is 29.8. The van der Waals surface area contributed by atoms with Crippen LogP contribution in [0, 0.1) is 66.2 Å². The minimum absolute atomic E-state index is 0.118. The number of allylic oxidation sites excluding steroid dienone is 2. The van der Waals surface area contributed by atoms with Crippen LogP contribution in [0.5, 0.6) is 57.5 Å². The lowest BCUT2D eigenvalue weighted by molar-refractivity contribution is -0.144. The first-order valence-corrected chi connectivity index (χ1v) is 40.2. The Morgan fingerprint density at radius 3 is 0.724 bits per heavy atom. The Hall–Kier alpha value is -9.54. The third-order valence-electron chi connectivity index (χ3n) is 20.6. The second-order valence-corrected chi connectivity index (χ2v) is 36.8. The van der Waals surface area contributed by atoms with Gasteiger partial charge in [0.05, 0.1) is 133 Å². The van der Waals surface area contributed by atoms with E-state index in [0.717, 1.165) is 101 Å². The number of halogens is 12. The zero-order valence-electron chi connectivity index (χ0n) is 70.2. The Balaban J connectivity index is 0.000000321. The molecule has 0 spiro atoms. The van der Waals surface area contributed by atoms with Gasteiger partial charge >= 0.3 is 24.7 Å². The van der Waals surface area contributed by atoms with Crippen LogP contribution in [0.1, 0.15) is 119 Å². The van der Waals surface area contributed by atoms with Crippen LogP contribution in [-0.4, -0.2) is 96.3 Å². The van der Waals surface area contributed by atoms with Crippen LogP contribution in [0.15, 0.2) is 143 Å². The van der Waals surface area contributed by atoms with E-state index in [9.17, 15) is 52.7 Å². The third-order valence-corrected chi connectivity index (χ3v) is 27.8. The second kappa shape index (κ2) is 37.0. The number of methoxy groups -OCH3 is 10. The summed E-state index contributed by atoms with van der Waals surface area (Å²) in [5, 5.41) is 11.7. The number of benzene rings is 8. The molecule has 0 saturated heterocycles. The van der Waals surface area contributed by atoms with Gasteiger partial charge in [0.2, 0.25) is 11.5 Å². The maximum absolute atomic E-state index is 13.7. The summed E-state index contributed by atoms with van der Waals surface area (Å²) in [4.78, 5) is 0. The molecule has 2 N–H and O–H groups in total. The number of hydrogen-bond acceptors (Lipinski definition) is 14. The van der Waals surface area contributed by atoms with Crippen LogP contribution >= 0.6 is 14.1 Å².